The molecule has 0 spiro atoms. The predicted octanol–water partition coefficient (Wildman–Crippen LogP) is 1.20. The van der Waals surface area contributed by atoms with Gasteiger partial charge in [0.25, 0.3) is 0 Å². The minimum absolute atomic E-state index is 0.152. The number of carbonyl (C=O) groups is 1. The molecule has 1 fully saturated rings. The lowest BCUT2D eigenvalue weighted by atomic mass is 9.93. The van der Waals surface area contributed by atoms with Crippen molar-refractivity contribution in [2.24, 2.45) is 0 Å². The summed E-state index contributed by atoms with van der Waals surface area (Å²) >= 11 is 0. The molecule has 1 aromatic rings. The van der Waals surface area contributed by atoms with E-state index >= 15 is 0 Å². The van der Waals surface area contributed by atoms with Crippen LogP contribution in [0.2, 0.25) is 0 Å². The number of nitrogens with one attached hydrogen (secondary N) is 2. The number of carbonyl (C=O) groups excluding carboxylic acids is 1. The third-order valence-electron chi connectivity index (χ3n) is 2.86. The second kappa shape index (κ2) is 5.67. The average Bonchev–Trinajstić information content (AvgIpc) is 2.68. The van der Waals surface area contributed by atoms with Gasteiger partial charge in [0.15, 0.2) is 0 Å². The Morgan fingerprint density at radius 3 is 3.12 bits per heavy atom. The van der Waals surface area contributed by atoms with Crippen molar-refractivity contribution in [1.82, 2.24) is 15.1 Å². The summed E-state index contributed by atoms with van der Waals surface area (Å²) in [6.07, 6.45) is 6.80. The standard InChI is InChI=1S/C11H18N4O2/c1-17-6-5-15-8-10(7-12-15)14-11(16)13-9-3-2-4-9/h7-9H,2-6H2,1H3,(H2,13,14,16). The molecular formula is C11H18N4O2. The molecule has 2 N–H and O–H groups in total. The molecule has 0 aromatic carbocycles. The summed E-state index contributed by atoms with van der Waals surface area (Å²) in [5, 5.41) is 9.78. The molecule has 1 saturated carbocycles. The van der Waals surface area contributed by atoms with Crippen molar-refractivity contribution >= 4 is 11.7 Å². The van der Waals surface area contributed by atoms with E-state index in [-0.39, 0.29) is 6.03 Å². The van der Waals surface area contributed by atoms with E-state index in [1.807, 2.05) is 0 Å². The number of aromatic nitrogens is 2. The van der Waals surface area contributed by atoms with Gasteiger partial charge in [-0.3, -0.25) is 4.68 Å². The first-order valence-corrected chi connectivity index (χ1v) is 5.87. The van der Waals surface area contributed by atoms with Gasteiger partial charge in [-0.2, -0.15) is 5.10 Å². The fourth-order valence-corrected chi connectivity index (χ4v) is 1.64. The van der Waals surface area contributed by atoms with E-state index < -0.39 is 0 Å². The molecule has 1 aliphatic rings. The number of anilines is 1. The topological polar surface area (TPSA) is 68.2 Å². The monoisotopic (exact) mass is 238 g/mol. The quantitative estimate of drug-likeness (QED) is 0.810. The van der Waals surface area contributed by atoms with Crippen LogP contribution in [-0.2, 0) is 11.3 Å². The van der Waals surface area contributed by atoms with Crippen LogP contribution in [0.25, 0.3) is 0 Å². The van der Waals surface area contributed by atoms with Crippen molar-refractivity contribution < 1.29 is 9.53 Å². The Hall–Kier alpha value is -1.56. The largest absolute Gasteiger partial charge is 0.383 e. The van der Waals surface area contributed by atoms with Gasteiger partial charge in [-0.25, -0.2) is 4.79 Å². The molecule has 0 atom stereocenters. The number of methoxy groups -OCH3 is 1. The molecule has 0 radical (unpaired) electrons. The van der Waals surface area contributed by atoms with Crippen LogP contribution in [0.15, 0.2) is 12.4 Å². The molecule has 1 aliphatic carbocycles. The summed E-state index contributed by atoms with van der Waals surface area (Å²) in [6.45, 7) is 1.29. The van der Waals surface area contributed by atoms with Crippen molar-refractivity contribution in [2.45, 2.75) is 31.8 Å². The van der Waals surface area contributed by atoms with Crippen molar-refractivity contribution in [3.8, 4) is 0 Å². The maximum atomic E-state index is 11.6. The van der Waals surface area contributed by atoms with Crippen LogP contribution in [0.1, 0.15) is 19.3 Å². The Balaban J connectivity index is 1.77. The Morgan fingerprint density at radius 2 is 2.47 bits per heavy atom. The van der Waals surface area contributed by atoms with Gasteiger partial charge in [0.1, 0.15) is 0 Å². The fraction of sp³-hybridized carbons (Fsp3) is 0.636. The molecule has 0 saturated heterocycles. The number of amides is 2. The lowest BCUT2D eigenvalue weighted by molar-refractivity contribution is 0.183. The lowest BCUT2D eigenvalue weighted by Crippen LogP contribution is -2.41. The highest BCUT2D eigenvalue weighted by Gasteiger charge is 2.19. The first-order valence-electron chi connectivity index (χ1n) is 5.87. The van der Waals surface area contributed by atoms with Crippen molar-refractivity contribution in [1.29, 1.82) is 0 Å². The van der Waals surface area contributed by atoms with Crippen LogP contribution in [0.3, 0.4) is 0 Å². The van der Waals surface area contributed by atoms with Crippen molar-refractivity contribution in [3.63, 3.8) is 0 Å². The summed E-state index contributed by atoms with van der Waals surface area (Å²) in [6, 6.07) is 0.194. The number of urea groups is 1. The summed E-state index contributed by atoms with van der Waals surface area (Å²) in [7, 11) is 1.65. The molecule has 17 heavy (non-hydrogen) atoms. The fourth-order valence-electron chi connectivity index (χ4n) is 1.64. The number of hydrogen-bond donors (Lipinski definition) is 2. The van der Waals surface area contributed by atoms with Gasteiger partial charge in [-0.05, 0) is 19.3 Å². The zero-order valence-corrected chi connectivity index (χ0v) is 9.98. The highest BCUT2D eigenvalue weighted by molar-refractivity contribution is 5.89. The minimum atomic E-state index is -0.152. The first-order chi connectivity index (χ1) is 8.28. The zero-order chi connectivity index (χ0) is 12.1. The van der Waals surface area contributed by atoms with Crippen LogP contribution >= 0.6 is 0 Å². The molecule has 94 valence electrons. The van der Waals surface area contributed by atoms with E-state index in [0.717, 1.165) is 12.8 Å². The van der Waals surface area contributed by atoms with Gasteiger partial charge in [0.05, 0.1) is 25.0 Å². The van der Waals surface area contributed by atoms with Crippen molar-refractivity contribution in [3.05, 3.63) is 12.4 Å². The summed E-state index contributed by atoms with van der Waals surface area (Å²) in [4.78, 5) is 11.6. The second-order valence-corrected chi connectivity index (χ2v) is 4.21. The predicted molar refractivity (Wildman–Crippen MR) is 63.9 cm³/mol. The normalized spacial score (nSPS) is 15.4. The number of hydrogen-bond acceptors (Lipinski definition) is 3. The first kappa shape index (κ1) is 11.9. The number of nitrogens with zero attached hydrogens (tertiary/aromatic N) is 2. The molecule has 0 aliphatic heterocycles. The highest BCUT2D eigenvalue weighted by Crippen LogP contribution is 2.18. The van der Waals surface area contributed by atoms with E-state index in [0.29, 0.717) is 24.9 Å². The SMILES string of the molecule is COCCn1cc(NC(=O)NC2CCC2)cn1. The maximum absolute atomic E-state index is 11.6. The van der Waals surface area contributed by atoms with Gasteiger partial charge in [0, 0.05) is 19.3 Å². The third kappa shape index (κ3) is 3.45. The molecule has 6 heteroatoms. The Labute approximate surface area is 100 Å². The van der Waals surface area contributed by atoms with Crippen LogP contribution < -0.4 is 10.6 Å². The van der Waals surface area contributed by atoms with Crippen LogP contribution in [-0.4, -0.2) is 35.6 Å². The summed E-state index contributed by atoms with van der Waals surface area (Å²) in [5.41, 5.74) is 0.706. The maximum Gasteiger partial charge on any atom is 0.319 e. The Morgan fingerprint density at radius 1 is 1.65 bits per heavy atom. The second-order valence-electron chi connectivity index (χ2n) is 4.21. The van der Waals surface area contributed by atoms with E-state index in [2.05, 4.69) is 15.7 Å². The Kier molecular flexibility index (Phi) is 3.98. The molecule has 2 rings (SSSR count). The average molecular weight is 238 g/mol. The molecule has 0 unspecified atom stereocenters. The van der Waals surface area contributed by atoms with Crippen molar-refractivity contribution in [2.75, 3.05) is 19.0 Å². The van der Waals surface area contributed by atoms with E-state index in [9.17, 15) is 4.79 Å². The molecule has 1 aromatic heterocycles. The smallest absolute Gasteiger partial charge is 0.319 e. The number of ether oxygens (including phenoxy) is 1. The van der Waals surface area contributed by atoms with Crippen LogP contribution in [0.4, 0.5) is 10.5 Å². The molecule has 2 amide bonds. The highest BCUT2D eigenvalue weighted by atomic mass is 16.5. The molecule has 6 nitrogen and oxygen atoms in total. The molecular weight excluding hydrogens is 220 g/mol. The zero-order valence-electron chi connectivity index (χ0n) is 9.98. The van der Waals surface area contributed by atoms with Gasteiger partial charge >= 0.3 is 6.03 Å². The van der Waals surface area contributed by atoms with E-state index in [4.69, 9.17) is 4.74 Å². The van der Waals surface area contributed by atoms with Gasteiger partial charge in [-0.15, -0.1) is 0 Å². The van der Waals surface area contributed by atoms with Gasteiger partial charge in [0.2, 0.25) is 0 Å². The van der Waals surface area contributed by atoms with Crippen LogP contribution in [0.5, 0.6) is 0 Å². The molecule has 0 bridgehead atoms. The van der Waals surface area contributed by atoms with Gasteiger partial charge in [-0.1, -0.05) is 0 Å². The van der Waals surface area contributed by atoms with E-state index in [1.165, 1.54) is 6.42 Å². The summed E-state index contributed by atoms with van der Waals surface area (Å²) < 4.78 is 6.69. The van der Waals surface area contributed by atoms with Gasteiger partial charge < -0.3 is 15.4 Å². The van der Waals surface area contributed by atoms with E-state index in [1.54, 1.807) is 24.2 Å². The summed E-state index contributed by atoms with van der Waals surface area (Å²) in [5.74, 6) is 0. The minimum Gasteiger partial charge on any atom is -0.383 e. The lowest BCUT2D eigenvalue weighted by Gasteiger charge is -2.26. The van der Waals surface area contributed by atoms with Crippen LogP contribution in [0, 0.1) is 0 Å². The number of rotatable bonds is 5. The molecule has 1 heterocycles. The third-order valence-corrected chi connectivity index (χ3v) is 2.86. The Bertz CT molecular complexity index is 373.